The van der Waals surface area contributed by atoms with Gasteiger partial charge >= 0.3 is 6.85 Å². The van der Waals surface area contributed by atoms with Crippen LogP contribution in [0.2, 0.25) is 0 Å². The quantitative estimate of drug-likeness (QED) is 0.162. The van der Waals surface area contributed by atoms with Crippen molar-refractivity contribution in [1.29, 1.82) is 0 Å². The standard InChI is InChI=1S/C56H47BN2O3/c1-6-7-16-33-25-26-43(37(29-33)34-17-9-8-10-18-34)58-52-49-38(30-39-35-19-11-13-22-45(35)61-53(39)52)36-20-15-24-47-51(36)59(44-21-12-14-23-46(44)60-47)57(49)50-40-31-41-42(32-48(40)62-54(50)58)56(4,5)28-27-55(41,2)3/h8-15,17-26,29-32H,6-7,16,27-28H2,1-5H3. The maximum Gasteiger partial charge on any atom is 0.337 e. The molecule has 1 aliphatic carbocycles. The smallest absolute Gasteiger partial charge is 0.337 e. The summed E-state index contributed by atoms with van der Waals surface area (Å²) in [4.78, 5) is 4.99. The molecule has 0 amide bonds. The third-order valence-electron chi connectivity index (χ3n) is 14.7. The van der Waals surface area contributed by atoms with E-state index in [1.165, 1.54) is 38.8 Å². The number of ether oxygens (including phenoxy) is 1. The number of hydrogen-bond acceptors (Lipinski definition) is 5. The molecule has 0 N–H and O–H groups in total. The van der Waals surface area contributed by atoms with Crippen molar-refractivity contribution in [3.63, 3.8) is 0 Å². The summed E-state index contributed by atoms with van der Waals surface area (Å²) in [6.07, 6.45) is 5.56. The number of anilines is 5. The molecule has 0 atom stereocenters. The van der Waals surface area contributed by atoms with Crippen molar-refractivity contribution >= 4 is 79.3 Å². The zero-order valence-electron chi connectivity index (χ0n) is 35.9. The van der Waals surface area contributed by atoms with Gasteiger partial charge in [-0.2, -0.15) is 0 Å². The Morgan fingerprint density at radius 2 is 1.34 bits per heavy atom. The first-order chi connectivity index (χ1) is 30.2. The van der Waals surface area contributed by atoms with Crippen LogP contribution >= 0.6 is 0 Å². The van der Waals surface area contributed by atoms with E-state index in [0.29, 0.717) is 0 Å². The van der Waals surface area contributed by atoms with E-state index in [4.69, 9.17) is 13.6 Å². The number of nitrogens with zero attached hydrogens (tertiary/aromatic N) is 2. The van der Waals surface area contributed by atoms with Crippen LogP contribution in [0.4, 0.5) is 28.6 Å². The molecule has 0 bridgehead atoms. The number of fused-ring (bicyclic) bond motifs is 13. The summed E-state index contributed by atoms with van der Waals surface area (Å²) in [5.41, 5.74) is 18.1. The Balaban J connectivity index is 1.23. The van der Waals surface area contributed by atoms with Crippen molar-refractivity contribution in [2.75, 3.05) is 9.71 Å². The highest BCUT2D eigenvalue weighted by Gasteiger charge is 2.52. The fourth-order valence-corrected chi connectivity index (χ4v) is 11.4. The Hall–Kier alpha value is -6.66. The predicted molar refractivity (Wildman–Crippen MR) is 257 cm³/mol. The second kappa shape index (κ2) is 12.7. The van der Waals surface area contributed by atoms with E-state index in [2.05, 4.69) is 178 Å². The van der Waals surface area contributed by atoms with Gasteiger partial charge in [0.1, 0.15) is 16.9 Å². The van der Waals surface area contributed by atoms with Gasteiger partial charge in [0.05, 0.1) is 22.7 Å². The summed E-state index contributed by atoms with van der Waals surface area (Å²) < 4.78 is 21.6. The van der Waals surface area contributed by atoms with Crippen molar-refractivity contribution < 1.29 is 13.6 Å². The molecule has 9 aromatic rings. The monoisotopic (exact) mass is 806 g/mol. The van der Waals surface area contributed by atoms with Gasteiger partial charge in [0.2, 0.25) is 5.88 Å². The second-order valence-electron chi connectivity index (χ2n) is 19.3. The van der Waals surface area contributed by atoms with Crippen molar-refractivity contribution in [3.8, 4) is 33.8 Å². The van der Waals surface area contributed by atoms with Crippen LogP contribution < -0.4 is 25.4 Å². The highest BCUT2D eigenvalue weighted by atomic mass is 16.5. The number of rotatable bonds is 5. The summed E-state index contributed by atoms with van der Waals surface area (Å²) in [5, 5.41) is 3.34. The normalized spacial score (nSPS) is 16.2. The Bertz CT molecular complexity index is 3360. The average molecular weight is 807 g/mol. The number of para-hydroxylation sites is 4. The van der Waals surface area contributed by atoms with E-state index in [0.717, 1.165) is 116 Å². The topological polar surface area (TPSA) is 42.0 Å². The van der Waals surface area contributed by atoms with Crippen LogP contribution in [-0.2, 0) is 17.3 Å². The molecule has 62 heavy (non-hydrogen) atoms. The van der Waals surface area contributed by atoms with E-state index in [1.807, 2.05) is 0 Å². The number of hydrogen-bond donors (Lipinski definition) is 0. The number of furan rings is 2. The molecule has 0 saturated heterocycles. The van der Waals surface area contributed by atoms with Crippen LogP contribution in [0.1, 0.15) is 77.0 Å². The van der Waals surface area contributed by atoms with Crippen LogP contribution in [0.25, 0.3) is 55.2 Å². The minimum Gasteiger partial charge on any atom is -0.454 e. The van der Waals surface area contributed by atoms with Crippen LogP contribution in [0.5, 0.6) is 11.5 Å². The summed E-state index contributed by atoms with van der Waals surface area (Å²) >= 11 is 0. The SMILES string of the molecule is CCCCc1ccc(N2c3oc4cc5c(cc4c3B3c4c(cc6c(oc7ccccc76)c42)-c2cccc4c2N3c2ccccc2O4)C(C)(C)CCC5(C)C)c(-c2ccccc2)c1. The molecule has 3 aliphatic heterocycles. The fourth-order valence-electron chi connectivity index (χ4n) is 11.4. The lowest BCUT2D eigenvalue weighted by Crippen LogP contribution is -2.61. The lowest BCUT2D eigenvalue weighted by atomic mass is 9.43. The molecule has 0 radical (unpaired) electrons. The highest BCUT2D eigenvalue weighted by Crippen LogP contribution is 2.58. The van der Waals surface area contributed by atoms with Crippen molar-refractivity contribution in [2.24, 2.45) is 0 Å². The summed E-state index contributed by atoms with van der Waals surface area (Å²) in [7, 11) is 0. The first-order valence-corrected chi connectivity index (χ1v) is 22.5. The van der Waals surface area contributed by atoms with Crippen LogP contribution in [0, 0.1) is 0 Å². The molecule has 4 aliphatic rings. The molecule has 5 heterocycles. The predicted octanol–water partition coefficient (Wildman–Crippen LogP) is 14.5. The van der Waals surface area contributed by atoms with E-state index in [1.54, 1.807) is 0 Å². The largest absolute Gasteiger partial charge is 0.454 e. The van der Waals surface area contributed by atoms with Crippen molar-refractivity contribution in [2.45, 2.75) is 77.6 Å². The Labute approximate surface area is 362 Å². The lowest BCUT2D eigenvalue weighted by Gasteiger charge is -2.46. The van der Waals surface area contributed by atoms with Crippen LogP contribution in [-0.4, -0.2) is 6.85 Å². The van der Waals surface area contributed by atoms with Crippen molar-refractivity contribution in [1.82, 2.24) is 0 Å². The summed E-state index contributed by atoms with van der Waals surface area (Å²) in [6.45, 7) is 11.7. The van der Waals surface area contributed by atoms with Gasteiger partial charge in [-0.15, -0.1) is 0 Å². The van der Waals surface area contributed by atoms with Gasteiger partial charge in [-0.1, -0.05) is 120 Å². The van der Waals surface area contributed by atoms with Crippen LogP contribution in [0.15, 0.2) is 142 Å². The first-order valence-electron chi connectivity index (χ1n) is 22.5. The molecule has 7 aromatic carbocycles. The molecular weight excluding hydrogens is 759 g/mol. The summed E-state index contributed by atoms with van der Waals surface area (Å²) in [5.74, 6) is 2.53. The van der Waals surface area contributed by atoms with Gasteiger partial charge in [0, 0.05) is 32.7 Å². The van der Waals surface area contributed by atoms with Gasteiger partial charge < -0.3 is 18.4 Å². The number of benzene rings is 7. The minimum absolute atomic E-state index is 0.00769. The van der Waals surface area contributed by atoms with E-state index < -0.39 is 0 Å². The Kier molecular flexibility index (Phi) is 7.38. The zero-order chi connectivity index (χ0) is 41.6. The molecular formula is C56H47BN2O3. The molecule has 0 saturated carbocycles. The molecule has 13 rings (SSSR count). The van der Waals surface area contributed by atoms with Gasteiger partial charge in [-0.25, -0.2) is 0 Å². The minimum atomic E-state index is -0.259. The molecule has 0 unspecified atom stereocenters. The molecule has 0 spiro atoms. The third kappa shape index (κ3) is 4.86. The molecule has 302 valence electrons. The molecule has 2 aromatic heterocycles. The molecule has 5 nitrogen and oxygen atoms in total. The van der Waals surface area contributed by atoms with Gasteiger partial charge in [-0.3, -0.25) is 4.90 Å². The van der Waals surface area contributed by atoms with Crippen molar-refractivity contribution in [3.05, 3.63) is 150 Å². The van der Waals surface area contributed by atoms with Gasteiger partial charge in [-0.05, 0) is 124 Å². The third-order valence-corrected chi connectivity index (χ3v) is 14.7. The Morgan fingerprint density at radius 3 is 2.18 bits per heavy atom. The van der Waals surface area contributed by atoms with Gasteiger partial charge in [0.15, 0.2) is 11.3 Å². The zero-order valence-corrected chi connectivity index (χ0v) is 35.9. The Morgan fingerprint density at radius 1 is 0.581 bits per heavy atom. The second-order valence-corrected chi connectivity index (χ2v) is 19.3. The maximum atomic E-state index is 7.59. The van der Waals surface area contributed by atoms with E-state index in [-0.39, 0.29) is 17.7 Å². The molecule has 0 fully saturated rings. The highest BCUT2D eigenvalue weighted by molar-refractivity contribution is 6.95. The van der Waals surface area contributed by atoms with E-state index >= 15 is 0 Å². The number of aryl methyl sites for hydroxylation is 1. The van der Waals surface area contributed by atoms with Crippen LogP contribution in [0.3, 0.4) is 0 Å². The molecule has 6 heteroatoms. The number of unbranched alkanes of at least 4 members (excludes halogenated alkanes) is 1. The summed E-state index contributed by atoms with van der Waals surface area (Å²) in [6, 6.07) is 48.8. The fraction of sp³-hybridized carbons (Fsp3) is 0.214. The maximum absolute atomic E-state index is 7.59. The lowest BCUT2D eigenvalue weighted by molar-refractivity contribution is 0.332. The first kappa shape index (κ1) is 36.0. The van der Waals surface area contributed by atoms with E-state index in [9.17, 15) is 0 Å². The van der Waals surface area contributed by atoms with Gasteiger partial charge in [0.25, 0.3) is 0 Å². The average Bonchev–Trinajstić information content (AvgIpc) is 3.86.